The van der Waals surface area contributed by atoms with E-state index < -0.39 is 16.0 Å². The van der Waals surface area contributed by atoms with Crippen LogP contribution in [0.2, 0.25) is 0 Å². The van der Waals surface area contributed by atoms with Gasteiger partial charge in [-0.05, 0) is 29.8 Å². The second-order valence-corrected chi connectivity index (χ2v) is 6.56. The highest BCUT2D eigenvalue weighted by Gasteiger charge is 2.19. The second kappa shape index (κ2) is 5.97. The Labute approximate surface area is 123 Å². The van der Waals surface area contributed by atoms with Crippen molar-refractivity contribution in [1.82, 2.24) is 0 Å². The molecule has 2 aromatic carbocycles. The van der Waals surface area contributed by atoms with Crippen LogP contribution < -0.4 is 4.31 Å². The van der Waals surface area contributed by atoms with Gasteiger partial charge in [-0.3, -0.25) is 4.31 Å². The van der Waals surface area contributed by atoms with E-state index in [1.807, 2.05) is 6.07 Å². The van der Waals surface area contributed by atoms with E-state index in [0.717, 1.165) is 4.31 Å². The number of carboxylic acid groups (broad SMARTS) is 1. The van der Waals surface area contributed by atoms with Gasteiger partial charge < -0.3 is 5.11 Å². The minimum absolute atomic E-state index is 0.106. The van der Waals surface area contributed by atoms with Crippen molar-refractivity contribution in [1.29, 1.82) is 0 Å². The van der Waals surface area contributed by atoms with E-state index in [4.69, 9.17) is 5.11 Å². The molecule has 0 saturated heterocycles. The average Bonchev–Trinajstić information content (AvgIpc) is 2.47. The Morgan fingerprint density at radius 2 is 1.62 bits per heavy atom. The smallest absolute Gasteiger partial charge is 0.335 e. The highest BCUT2D eigenvalue weighted by atomic mass is 32.2. The topological polar surface area (TPSA) is 74.7 Å². The zero-order chi connectivity index (χ0) is 15.5. The normalized spacial score (nSPS) is 11.1. The molecule has 0 heterocycles. The van der Waals surface area contributed by atoms with Gasteiger partial charge in [0.1, 0.15) is 0 Å². The lowest BCUT2D eigenvalue weighted by Gasteiger charge is -2.19. The molecule has 0 aliphatic rings. The summed E-state index contributed by atoms with van der Waals surface area (Å²) in [6.45, 7) is 0. The van der Waals surface area contributed by atoms with Crippen molar-refractivity contribution < 1.29 is 18.3 Å². The summed E-state index contributed by atoms with van der Waals surface area (Å²) >= 11 is 0. The Bertz CT molecular complexity index is 724. The zero-order valence-corrected chi connectivity index (χ0v) is 12.2. The van der Waals surface area contributed by atoms with Gasteiger partial charge >= 0.3 is 5.97 Å². The van der Waals surface area contributed by atoms with Gasteiger partial charge in [-0.2, -0.15) is 0 Å². The lowest BCUT2D eigenvalue weighted by Crippen LogP contribution is -2.27. The first-order chi connectivity index (χ1) is 9.90. The van der Waals surface area contributed by atoms with Crippen LogP contribution >= 0.6 is 0 Å². The Morgan fingerprint density at radius 1 is 1.05 bits per heavy atom. The van der Waals surface area contributed by atoms with Gasteiger partial charge in [0.2, 0.25) is 10.0 Å². The minimum atomic E-state index is -3.51. The molecule has 0 aliphatic carbocycles. The van der Waals surface area contributed by atoms with Gasteiger partial charge in [0.15, 0.2) is 0 Å². The lowest BCUT2D eigenvalue weighted by molar-refractivity contribution is 0.0697. The van der Waals surface area contributed by atoms with Crippen LogP contribution in [0.1, 0.15) is 15.9 Å². The average molecular weight is 305 g/mol. The van der Waals surface area contributed by atoms with E-state index in [2.05, 4.69) is 0 Å². The summed E-state index contributed by atoms with van der Waals surface area (Å²) in [6, 6.07) is 14.6. The Balaban J connectivity index is 2.21. The van der Waals surface area contributed by atoms with E-state index in [1.54, 1.807) is 24.3 Å². The van der Waals surface area contributed by atoms with Crippen LogP contribution in [0, 0.1) is 0 Å². The number of benzene rings is 2. The summed E-state index contributed by atoms with van der Waals surface area (Å²) in [5, 5.41) is 8.84. The Morgan fingerprint density at radius 3 is 2.14 bits per heavy atom. The van der Waals surface area contributed by atoms with Crippen molar-refractivity contribution in [2.75, 3.05) is 11.4 Å². The number of aromatic carboxylic acids is 1. The number of nitrogens with zero attached hydrogens (tertiary/aromatic N) is 1. The van der Waals surface area contributed by atoms with Crippen LogP contribution in [0.5, 0.6) is 0 Å². The number of hydrogen-bond acceptors (Lipinski definition) is 3. The van der Waals surface area contributed by atoms with E-state index >= 15 is 0 Å². The number of rotatable bonds is 5. The second-order valence-electron chi connectivity index (χ2n) is 4.56. The summed E-state index contributed by atoms with van der Waals surface area (Å²) in [5.41, 5.74) is 1.25. The summed E-state index contributed by atoms with van der Waals surface area (Å²) in [4.78, 5) is 10.8. The van der Waals surface area contributed by atoms with Crippen LogP contribution in [0.25, 0.3) is 0 Å². The van der Waals surface area contributed by atoms with Crippen LogP contribution in [-0.4, -0.2) is 26.5 Å². The molecular weight excluding hydrogens is 290 g/mol. The van der Waals surface area contributed by atoms with Gasteiger partial charge in [-0.1, -0.05) is 30.3 Å². The molecule has 110 valence electrons. The molecule has 0 aromatic heterocycles. The van der Waals surface area contributed by atoms with Gasteiger partial charge in [-0.15, -0.1) is 0 Å². The van der Waals surface area contributed by atoms with Crippen molar-refractivity contribution in [2.24, 2.45) is 0 Å². The van der Waals surface area contributed by atoms with Gasteiger partial charge in [0.05, 0.1) is 17.0 Å². The molecule has 0 aliphatic heterocycles. The number of hydrogen-bond donors (Lipinski definition) is 1. The molecule has 21 heavy (non-hydrogen) atoms. The molecule has 2 aromatic rings. The highest BCUT2D eigenvalue weighted by molar-refractivity contribution is 7.92. The molecule has 2 rings (SSSR count). The Hall–Kier alpha value is -2.34. The molecule has 0 bridgehead atoms. The number of carboxylic acids is 1. The fourth-order valence-corrected chi connectivity index (χ4v) is 3.11. The maximum absolute atomic E-state index is 12.3. The number of carbonyl (C=O) groups is 1. The van der Waals surface area contributed by atoms with Crippen molar-refractivity contribution >= 4 is 21.7 Å². The minimum Gasteiger partial charge on any atom is -0.478 e. The number of sulfonamides is 1. The maximum Gasteiger partial charge on any atom is 0.335 e. The van der Waals surface area contributed by atoms with Crippen molar-refractivity contribution in [2.45, 2.75) is 5.75 Å². The van der Waals surface area contributed by atoms with E-state index in [9.17, 15) is 13.2 Å². The fourth-order valence-electron chi connectivity index (χ4n) is 1.86. The third-order valence-corrected chi connectivity index (χ3v) is 4.83. The monoisotopic (exact) mass is 305 g/mol. The van der Waals surface area contributed by atoms with Gasteiger partial charge in [0.25, 0.3) is 0 Å². The summed E-state index contributed by atoms with van der Waals surface area (Å²) in [5.74, 6) is -1.15. The third kappa shape index (κ3) is 3.61. The fraction of sp³-hybridized carbons (Fsp3) is 0.133. The summed E-state index contributed by atoms with van der Waals surface area (Å²) in [7, 11) is -2.06. The largest absolute Gasteiger partial charge is 0.478 e. The van der Waals surface area contributed by atoms with Crippen LogP contribution in [0.3, 0.4) is 0 Å². The van der Waals surface area contributed by atoms with E-state index in [-0.39, 0.29) is 11.3 Å². The molecule has 0 unspecified atom stereocenters. The van der Waals surface area contributed by atoms with E-state index in [0.29, 0.717) is 11.3 Å². The first kappa shape index (κ1) is 15.1. The molecule has 0 fully saturated rings. The Kier molecular flexibility index (Phi) is 4.28. The molecule has 0 spiro atoms. The van der Waals surface area contributed by atoms with Crippen molar-refractivity contribution in [3.63, 3.8) is 0 Å². The molecule has 6 heteroatoms. The molecule has 0 amide bonds. The quantitative estimate of drug-likeness (QED) is 0.920. The van der Waals surface area contributed by atoms with Crippen LogP contribution in [0.4, 0.5) is 5.69 Å². The lowest BCUT2D eigenvalue weighted by atomic mass is 10.2. The van der Waals surface area contributed by atoms with E-state index in [1.165, 1.54) is 31.3 Å². The zero-order valence-electron chi connectivity index (χ0n) is 11.4. The third-order valence-electron chi connectivity index (χ3n) is 3.09. The first-order valence-electron chi connectivity index (χ1n) is 6.24. The predicted octanol–water partition coefficient (Wildman–Crippen LogP) is 2.35. The van der Waals surface area contributed by atoms with Crippen molar-refractivity contribution in [3.05, 3.63) is 65.7 Å². The standard InChI is InChI=1S/C15H15NO4S/c1-16(14-9-7-13(8-10-14)15(17)18)21(19,20)11-12-5-3-2-4-6-12/h2-10H,11H2,1H3,(H,17,18). The van der Waals surface area contributed by atoms with Gasteiger partial charge in [0, 0.05) is 7.05 Å². The molecule has 0 saturated carbocycles. The first-order valence-corrected chi connectivity index (χ1v) is 7.85. The summed E-state index contributed by atoms with van der Waals surface area (Å²) < 4.78 is 25.8. The highest BCUT2D eigenvalue weighted by Crippen LogP contribution is 2.19. The number of anilines is 1. The maximum atomic E-state index is 12.3. The SMILES string of the molecule is CN(c1ccc(C(=O)O)cc1)S(=O)(=O)Cc1ccccc1. The van der Waals surface area contributed by atoms with Crippen molar-refractivity contribution in [3.8, 4) is 0 Å². The predicted molar refractivity (Wildman–Crippen MR) is 80.9 cm³/mol. The van der Waals surface area contributed by atoms with Gasteiger partial charge in [-0.25, -0.2) is 13.2 Å². The molecule has 0 radical (unpaired) electrons. The molecule has 5 nitrogen and oxygen atoms in total. The van der Waals surface area contributed by atoms with Crippen LogP contribution in [0.15, 0.2) is 54.6 Å². The molecular formula is C15H15NO4S. The molecule has 1 N–H and O–H groups in total. The molecule has 0 atom stereocenters. The van der Waals surface area contributed by atoms with Crippen LogP contribution in [-0.2, 0) is 15.8 Å². The summed E-state index contributed by atoms with van der Waals surface area (Å²) in [6.07, 6.45) is 0.